The molecule has 2 rings (SSSR count). The summed E-state index contributed by atoms with van der Waals surface area (Å²) in [5.74, 6) is 0.756. The SMILES string of the molecule is CCNc1cccc(N2CCCC(CC)CC2)c1[N+](=O)[O-]. The van der Waals surface area contributed by atoms with E-state index in [1.54, 1.807) is 6.07 Å². The van der Waals surface area contributed by atoms with Crippen LogP contribution < -0.4 is 10.2 Å². The second kappa shape index (κ2) is 7.29. The monoisotopic (exact) mass is 291 g/mol. The Morgan fingerprint density at radius 1 is 1.33 bits per heavy atom. The third-order valence-electron chi connectivity index (χ3n) is 4.33. The van der Waals surface area contributed by atoms with Crippen molar-refractivity contribution in [2.75, 3.05) is 29.9 Å². The molecule has 1 aliphatic heterocycles. The molecule has 0 aliphatic carbocycles. The van der Waals surface area contributed by atoms with E-state index in [0.29, 0.717) is 12.2 Å². The second-order valence-corrected chi connectivity index (χ2v) is 5.65. The molecule has 1 atom stereocenters. The van der Waals surface area contributed by atoms with Gasteiger partial charge in [0.25, 0.3) is 0 Å². The first-order chi connectivity index (χ1) is 10.2. The Morgan fingerprint density at radius 2 is 2.14 bits per heavy atom. The zero-order valence-electron chi connectivity index (χ0n) is 13.0. The molecular weight excluding hydrogens is 266 g/mol. The van der Waals surface area contributed by atoms with Crippen LogP contribution >= 0.6 is 0 Å². The lowest BCUT2D eigenvalue weighted by molar-refractivity contribution is -0.383. The molecule has 0 amide bonds. The molecule has 1 N–H and O–H groups in total. The number of nitrogens with zero attached hydrogens (tertiary/aromatic N) is 2. The van der Waals surface area contributed by atoms with E-state index in [1.165, 1.54) is 12.8 Å². The smallest absolute Gasteiger partial charge is 0.315 e. The fraction of sp³-hybridized carbons (Fsp3) is 0.625. The quantitative estimate of drug-likeness (QED) is 0.657. The molecule has 1 heterocycles. The largest absolute Gasteiger partial charge is 0.380 e. The van der Waals surface area contributed by atoms with Gasteiger partial charge in [-0.25, -0.2) is 0 Å². The molecule has 1 aliphatic rings. The van der Waals surface area contributed by atoms with Crippen LogP contribution in [0.1, 0.15) is 39.5 Å². The number of para-hydroxylation sites is 1. The summed E-state index contributed by atoms with van der Waals surface area (Å²) >= 11 is 0. The Bertz CT molecular complexity index is 490. The Balaban J connectivity index is 2.29. The third-order valence-corrected chi connectivity index (χ3v) is 4.33. The minimum atomic E-state index is -0.254. The van der Waals surface area contributed by atoms with Crippen LogP contribution in [0.25, 0.3) is 0 Å². The molecule has 1 saturated heterocycles. The van der Waals surface area contributed by atoms with Gasteiger partial charge in [0, 0.05) is 19.6 Å². The van der Waals surface area contributed by atoms with Gasteiger partial charge in [-0.2, -0.15) is 0 Å². The van der Waals surface area contributed by atoms with E-state index in [-0.39, 0.29) is 10.6 Å². The minimum Gasteiger partial charge on any atom is -0.380 e. The molecule has 0 bridgehead atoms. The summed E-state index contributed by atoms with van der Waals surface area (Å²) in [4.78, 5) is 13.4. The molecule has 5 nitrogen and oxygen atoms in total. The summed E-state index contributed by atoms with van der Waals surface area (Å²) < 4.78 is 0. The van der Waals surface area contributed by atoms with Gasteiger partial charge < -0.3 is 10.2 Å². The van der Waals surface area contributed by atoms with Crippen molar-refractivity contribution in [1.82, 2.24) is 0 Å². The maximum absolute atomic E-state index is 11.5. The lowest BCUT2D eigenvalue weighted by Gasteiger charge is -2.23. The predicted octanol–water partition coefficient (Wildman–Crippen LogP) is 4.04. The molecule has 0 saturated carbocycles. The van der Waals surface area contributed by atoms with Crippen LogP contribution in [0.4, 0.5) is 17.1 Å². The topological polar surface area (TPSA) is 58.4 Å². The molecule has 0 aromatic heterocycles. The number of anilines is 2. The van der Waals surface area contributed by atoms with E-state index in [9.17, 15) is 10.1 Å². The van der Waals surface area contributed by atoms with Crippen molar-refractivity contribution in [3.63, 3.8) is 0 Å². The normalized spacial score (nSPS) is 19.1. The van der Waals surface area contributed by atoms with Crippen LogP contribution in [0.2, 0.25) is 0 Å². The van der Waals surface area contributed by atoms with Crippen molar-refractivity contribution < 1.29 is 4.92 Å². The fourth-order valence-corrected chi connectivity index (χ4v) is 3.13. The highest BCUT2D eigenvalue weighted by Gasteiger charge is 2.25. The van der Waals surface area contributed by atoms with Gasteiger partial charge >= 0.3 is 5.69 Å². The first kappa shape index (κ1) is 15.6. The maximum atomic E-state index is 11.5. The summed E-state index contributed by atoms with van der Waals surface area (Å²) in [6, 6.07) is 5.57. The van der Waals surface area contributed by atoms with E-state index >= 15 is 0 Å². The van der Waals surface area contributed by atoms with Crippen LogP contribution in [-0.4, -0.2) is 24.6 Å². The summed E-state index contributed by atoms with van der Waals surface area (Å²) in [7, 11) is 0. The lowest BCUT2D eigenvalue weighted by atomic mass is 9.98. The molecule has 0 radical (unpaired) electrons. The van der Waals surface area contributed by atoms with E-state index in [2.05, 4.69) is 17.1 Å². The predicted molar refractivity (Wildman–Crippen MR) is 87.1 cm³/mol. The second-order valence-electron chi connectivity index (χ2n) is 5.65. The Labute approximate surface area is 126 Å². The van der Waals surface area contributed by atoms with Crippen LogP contribution in [0.5, 0.6) is 0 Å². The number of nitrogens with one attached hydrogen (secondary N) is 1. The summed E-state index contributed by atoms with van der Waals surface area (Å²) in [6.07, 6.45) is 4.67. The molecule has 1 unspecified atom stereocenters. The highest BCUT2D eigenvalue weighted by atomic mass is 16.6. The number of hydrogen-bond acceptors (Lipinski definition) is 4. The van der Waals surface area contributed by atoms with Gasteiger partial charge in [-0.05, 0) is 44.2 Å². The van der Waals surface area contributed by atoms with Crippen molar-refractivity contribution in [1.29, 1.82) is 0 Å². The van der Waals surface area contributed by atoms with Gasteiger partial charge in [-0.15, -0.1) is 0 Å². The Hall–Kier alpha value is -1.78. The first-order valence-corrected chi connectivity index (χ1v) is 7.93. The van der Waals surface area contributed by atoms with Gasteiger partial charge in [0.2, 0.25) is 0 Å². The standard InChI is InChI=1S/C16H25N3O2/c1-3-13-7-6-11-18(12-10-13)15-9-5-8-14(17-4-2)16(15)19(20)21/h5,8-9,13,17H,3-4,6-7,10-12H2,1-2H3. The van der Waals surface area contributed by atoms with Crippen LogP contribution in [0.3, 0.4) is 0 Å². The van der Waals surface area contributed by atoms with Gasteiger partial charge in [0.1, 0.15) is 11.4 Å². The molecule has 1 aromatic rings. The van der Waals surface area contributed by atoms with Gasteiger partial charge in [0.15, 0.2) is 0 Å². The van der Waals surface area contributed by atoms with E-state index in [4.69, 9.17) is 0 Å². The van der Waals surface area contributed by atoms with E-state index in [0.717, 1.165) is 37.5 Å². The molecule has 5 heteroatoms. The number of rotatable bonds is 5. The van der Waals surface area contributed by atoms with Gasteiger partial charge in [-0.1, -0.05) is 19.4 Å². The van der Waals surface area contributed by atoms with E-state index in [1.807, 2.05) is 19.1 Å². The van der Waals surface area contributed by atoms with Crippen LogP contribution in [-0.2, 0) is 0 Å². The highest BCUT2D eigenvalue weighted by Crippen LogP contribution is 2.37. The highest BCUT2D eigenvalue weighted by molar-refractivity contribution is 5.77. The molecule has 0 spiro atoms. The molecule has 21 heavy (non-hydrogen) atoms. The van der Waals surface area contributed by atoms with Crippen molar-refractivity contribution in [2.45, 2.75) is 39.5 Å². The molecule has 116 valence electrons. The minimum absolute atomic E-state index is 0.217. The summed E-state index contributed by atoms with van der Waals surface area (Å²) in [5, 5.41) is 14.6. The Kier molecular flexibility index (Phi) is 5.42. The zero-order chi connectivity index (χ0) is 15.2. The van der Waals surface area contributed by atoms with Crippen molar-refractivity contribution in [3.8, 4) is 0 Å². The summed E-state index contributed by atoms with van der Waals surface area (Å²) in [6.45, 7) is 6.69. The average Bonchev–Trinajstić information content (AvgIpc) is 2.72. The van der Waals surface area contributed by atoms with Gasteiger partial charge in [-0.3, -0.25) is 10.1 Å². The molecule has 1 fully saturated rings. The molecule has 1 aromatic carbocycles. The van der Waals surface area contributed by atoms with Crippen molar-refractivity contribution in [2.24, 2.45) is 5.92 Å². The third kappa shape index (κ3) is 3.65. The number of nitro benzene ring substituents is 1. The van der Waals surface area contributed by atoms with Crippen molar-refractivity contribution in [3.05, 3.63) is 28.3 Å². The maximum Gasteiger partial charge on any atom is 0.315 e. The van der Waals surface area contributed by atoms with E-state index < -0.39 is 0 Å². The number of hydrogen-bond donors (Lipinski definition) is 1. The number of nitro groups is 1. The molecular formula is C16H25N3O2. The first-order valence-electron chi connectivity index (χ1n) is 7.93. The average molecular weight is 291 g/mol. The van der Waals surface area contributed by atoms with Gasteiger partial charge in [0.05, 0.1) is 4.92 Å². The fourth-order valence-electron chi connectivity index (χ4n) is 3.13. The summed E-state index contributed by atoms with van der Waals surface area (Å²) in [5.41, 5.74) is 1.60. The lowest BCUT2D eigenvalue weighted by Crippen LogP contribution is -2.25. The van der Waals surface area contributed by atoms with Crippen LogP contribution in [0, 0.1) is 16.0 Å². The van der Waals surface area contributed by atoms with Crippen LogP contribution in [0.15, 0.2) is 18.2 Å². The number of benzene rings is 1. The Morgan fingerprint density at radius 3 is 2.81 bits per heavy atom. The van der Waals surface area contributed by atoms with Crippen molar-refractivity contribution >= 4 is 17.1 Å². The zero-order valence-corrected chi connectivity index (χ0v) is 13.0.